The fourth-order valence-electron chi connectivity index (χ4n) is 2.83. The minimum atomic E-state index is -4.45. The Kier molecular flexibility index (Phi) is 6.33. The van der Waals surface area contributed by atoms with Crippen molar-refractivity contribution < 1.29 is 17.7 Å². The van der Waals surface area contributed by atoms with E-state index in [1.807, 2.05) is 13.8 Å². The number of halogens is 5. The summed E-state index contributed by atoms with van der Waals surface area (Å²) in [6, 6.07) is 2.76. The molecule has 1 aromatic heterocycles. The van der Waals surface area contributed by atoms with Crippen LogP contribution in [0, 0.1) is 5.92 Å². The second-order valence-electron chi connectivity index (χ2n) is 7.02. The van der Waals surface area contributed by atoms with E-state index in [0.717, 1.165) is 31.4 Å². The van der Waals surface area contributed by atoms with Crippen molar-refractivity contribution in [1.29, 1.82) is 0 Å². The van der Waals surface area contributed by atoms with Gasteiger partial charge >= 0.3 is 6.18 Å². The zero-order valence-electron chi connectivity index (χ0n) is 14.8. The van der Waals surface area contributed by atoms with Gasteiger partial charge in [0.1, 0.15) is 6.04 Å². The van der Waals surface area contributed by atoms with E-state index in [1.165, 1.54) is 6.07 Å². The molecule has 1 aliphatic carbocycles. The molecule has 5 nitrogen and oxygen atoms in total. The fourth-order valence-corrected chi connectivity index (χ4v) is 3.07. The first-order chi connectivity index (χ1) is 12.1. The number of hydrogen-bond donors (Lipinski definition) is 2. The number of aromatic nitrogens is 2. The zero-order valence-corrected chi connectivity index (χ0v) is 16.4. The van der Waals surface area contributed by atoms with Crippen molar-refractivity contribution in [2.75, 3.05) is 5.32 Å². The van der Waals surface area contributed by atoms with Crippen LogP contribution >= 0.6 is 24.0 Å². The monoisotopic (exact) mass is 424 g/mol. The SMILES string of the molecule is CC(C)C(Nc1ccc(C(F)(F)F)cc1Cl)c1nc(C2(N)CCC2)no1.Cl. The highest BCUT2D eigenvalue weighted by Gasteiger charge is 2.40. The molecule has 0 radical (unpaired) electrons. The van der Waals surface area contributed by atoms with Gasteiger partial charge in [-0.25, -0.2) is 0 Å². The number of alkyl halides is 3. The van der Waals surface area contributed by atoms with Gasteiger partial charge in [-0.1, -0.05) is 30.6 Å². The van der Waals surface area contributed by atoms with Crippen LogP contribution in [0.4, 0.5) is 18.9 Å². The molecule has 2 aromatic rings. The van der Waals surface area contributed by atoms with Gasteiger partial charge in [-0.3, -0.25) is 0 Å². The fraction of sp³-hybridized carbons (Fsp3) is 0.529. The Hall–Kier alpha value is -1.51. The second kappa shape index (κ2) is 7.85. The third-order valence-corrected chi connectivity index (χ3v) is 4.99. The Morgan fingerprint density at radius 3 is 2.44 bits per heavy atom. The van der Waals surface area contributed by atoms with Gasteiger partial charge in [0, 0.05) is 0 Å². The number of hydrogen-bond acceptors (Lipinski definition) is 5. The third-order valence-electron chi connectivity index (χ3n) is 4.67. The van der Waals surface area contributed by atoms with Gasteiger partial charge in [0.15, 0.2) is 5.82 Å². The molecule has 150 valence electrons. The van der Waals surface area contributed by atoms with Gasteiger partial charge in [0.2, 0.25) is 5.89 Å². The summed E-state index contributed by atoms with van der Waals surface area (Å²) in [4.78, 5) is 4.42. The lowest BCUT2D eigenvalue weighted by molar-refractivity contribution is -0.137. The lowest BCUT2D eigenvalue weighted by Crippen LogP contribution is -2.44. The van der Waals surface area contributed by atoms with Gasteiger partial charge in [0.25, 0.3) is 0 Å². The molecule has 1 unspecified atom stereocenters. The Balaban J connectivity index is 0.00000261. The molecule has 27 heavy (non-hydrogen) atoms. The van der Waals surface area contributed by atoms with E-state index in [0.29, 0.717) is 17.4 Å². The van der Waals surface area contributed by atoms with Crippen LogP contribution in [0.5, 0.6) is 0 Å². The Morgan fingerprint density at radius 2 is 1.96 bits per heavy atom. The average Bonchev–Trinajstić information content (AvgIpc) is 3.00. The van der Waals surface area contributed by atoms with Crippen molar-refractivity contribution in [2.45, 2.75) is 50.9 Å². The van der Waals surface area contributed by atoms with Gasteiger partial charge in [-0.15, -0.1) is 12.4 Å². The van der Waals surface area contributed by atoms with E-state index in [-0.39, 0.29) is 23.3 Å². The van der Waals surface area contributed by atoms with Gasteiger partial charge < -0.3 is 15.6 Å². The summed E-state index contributed by atoms with van der Waals surface area (Å²) in [5.41, 5.74) is 5.23. The number of anilines is 1. The highest BCUT2D eigenvalue weighted by Crippen LogP contribution is 2.39. The van der Waals surface area contributed by atoms with E-state index >= 15 is 0 Å². The highest BCUT2D eigenvalue weighted by molar-refractivity contribution is 6.33. The molecular weight excluding hydrogens is 404 g/mol. The molecule has 1 saturated carbocycles. The molecule has 0 bridgehead atoms. The predicted octanol–water partition coefficient (Wildman–Crippen LogP) is 5.31. The van der Waals surface area contributed by atoms with Crippen LogP contribution in [0.2, 0.25) is 5.02 Å². The molecule has 1 fully saturated rings. The Bertz CT molecular complexity index is 791. The van der Waals surface area contributed by atoms with Crippen molar-refractivity contribution in [3.8, 4) is 0 Å². The molecule has 1 atom stereocenters. The summed E-state index contributed by atoms with van der Waals surface area (Å²) < 4.78 is 43.7. The van der Waals surface area contributed by atoms with Crippen LogP contribution in [0.1, 0.15) is 56.4 Å². The zero-order chi connectivity index (χ0) is 19.1. The maximum Gasteiger partial charge on any atom is 0.416 e. The first-order valence-electron chi connectivity index (χ1n) is 8.36. The Labute approximate surface area is 166 Å². The second-order valence-corrected chi connectivity index (χ2v) is 7.43. The average molecular weight is 425 g/mol. The van der Waals surface area contributed by atoms with Crippen LogP contribution in [-0.4, -0.2) is 10.1 Å². The number of nitrogens with zero attached hydrogens (tertiary/aromatic N) is 2. The molecule has 0 amide bonds. The molecule has 0 saturated heterocycles. The smallest absolute Gasteiger partial charge is 0.372 e. The van der Waals surface area contributed by atoms with E-state index in [2.05, 4.69) is 15.5 Å². The minimum Gasteiger partial charge on any atom is -0.372 e. The highest BCUT2D eigenvalue weighted by atomic mass is 35.5. The third kappa shape index (κ3) is 4.50. The minimum absolute atomic E-state index is 0. The summed E-state index contributed by atoms with van der Waals surface area (Å²) in [5, 5.41) is 7.07. The first kappa shape index (κ1) is 21.8. The summed E-state index contributed by atoms with van der Waals surface area (Å²) in [6.45, 7) is 3.86. The van der Waals surface area contributed by atoms with E-state index < -0.39 is 23.3 Å². The largest absolute Gasteiger partial charge is 0.416 e. The van der Waals surface area contributed by atoms with Crippen molar-refractivity contribution in [2.24, 2.45) is 11.7 Å². The normalized spacial score (nSPS) is 17.2. The van der Waals surface area contributed by atoms with Crippen LogP contribution in [-0.2, 0) is 11.7 Å². The number of nitrogens with two attached hydrogens (primary N) is 1. The topological polar surface area (TPSA) is 77.0 Å². The molecular formula is C17H21Cl2F3N4O. The lowest BCUT2D eigenvalue weighted by Gasteiger charge is -2.34. The number of nitrogens with one attached hydrogen (secondary N) is 1. The number of benzene rings is 1. The summed E-state index contributed by atoms with van der Waals surface area (Å²) in [7, 11) is 0. The molecule has 1 aromatic carbocycles. The van der Waals surface area contributed by atoms with Crippen LogP contribution in [0.3, 0.4) is 0 Å². The van der Waals surface area contributed by atoms with Crippen molar-refractivity contribution in [1.82, 2.24) is 10.1 Å². The van der Waals surface area contributed by atoms with Gasteiger partial charge in [-0.2, -0.15) is 18.2 Å². The van der Waals surface area contributed by atoms with Crippen molar-refractivity contribution in [3.05, 3.63) is 40.5 Å². The molecule has 1 heterocycles. The summed E-state index contributed by atoms with van der Waals surface area (Å²) in [6.07, 6.45) is -1.82. The van der Waals surface area contributed by atoms with Crippen LogP contribution in [0.15, 0.2) is 22.7 Å². The molecule has 10 heteroatoms. The maximum absolute atomic E-state index is 12.8. The quantitative estimate of drug-likeness (QED) is 0.679. The number of rotatable bonds is 5. The summed E-state index contributed by atoms with van der Waals surface area (Å²) >= 11 is 6.03. The lowest BCUT2D eigenvalue weighted by atomic mass is 9.77. The van der Waals surface area contributed by atoms with Gasteiger partial charge in [0.05, 0.1) is 21.8 Å². The van der Waals surface area contributed by atoms with E-state index in [1.54, 1.807) is 0 Å². The molecule has 3 N–H and O–H groups in total. The van der Waals surface area contributed by atoms with Crippen LogP contribution in [0.25, 0.3) is 0 Å². The standard InChI is InChI=1S/C17H20ClF3N4O.ClH/c1-9(2)13(14-24-15(25-26-14)16(22)6-3-7-16)23-12-5-4-10(8-11(12)18)17(19,20)21;/h4-5,8-9,13,23H,3,6-7,22H2,1-2H3;1H. The van der Waals surface area contributed by atoms with E-state index in [9.17, 15) is 13.2 Å². The molecule has 3 rings (SSSR count). The van der Waals surface area contributed by atoms with Crippen molar-refractivity contribution in [3.63, 3.8) is 0 Å². The van der Waals surface area contributed by atoms with Gasteiger partial charge in [-0.05, 0) is 43.4 Å². The van der Waals surface area contributed by atoms with Crippen LogP contribution < -0.4 is 11.1 Å². The molecule has 0 aliphatic heterocycles. The molecule has 0 spiro atoms. The molecule has 1 aliphatic rings. The van der Waals surface area contributed by atoms with Crippen molar-refractivity contribution >= 4 is 29.7 Å². The first-order valence-corrected chi connectivity index (χ1v) is 8.74. The van der Waals surface area contributed by atoms with E-state index in [4.69, 9.17) is 21.9 Å². The maximum atomic E-state index is 12.8. The summed E-state index contributed by atoms with van der Waals surface area (Å²) in [5.74, 6) is 0.823. The predicted molar refractivity (Wildman–Crippen MR) is 98.9 cm³/mol. The Morgan fingerprint density at radius 1 is 1.30 bits per heavy atom.